The molecular formula is C21H25ClN2O4S. The molecule has 0 spiro atoms. The van der Waals surface area contributed by atoms with E-state index in [1.54, 1.807) is 12.1 Å². The summed E-state index contributed by atoms with van der Waals surface area (Å²) in [5.74, 6) is -0.0529. The van der Waals surface area contributed by atoms with E-state index in [1.807, 2.05) is 32.0 Å². The molecular weight excluding hydrogens is 412 g/mol. The van der Waals surface area contributed by atoms with Gasteiger partial charge in [0.05, 0.1) is 7.11 Å². The second-order valence-corrected chi connectivity index (χ2v) is 9.62. The van der Waals surface area contributed by atoms with Crippen molar-refractivity contribution >= 4 is 33.2 Å². The van der Waals surface area contributed by atoms with Gasteiger partial charge in [0.1, 0.15) is 10.6 Å². The molecule has 2 aromatic rings. The Hall–Kier alpha value is -2.09. The molecule has 2 aromatic carbocycles. The number of hydrogen-bond donors (Lipinski definition) is 1. The molecule has 156 valence electrons. The highest BCUT2D eigenvalue weighted by atomic mass is 35.5. The summed E-state index contributed by atoms with van der Waals surface area (Å²) in [6.07, 6.45) is 0.914. The van der Waals surface area contributed by atoms with Crippen LogP contribution in [0.3, 0.4) is 0 Å². The lowest BCUT2D eigenvalue weighted by Crippen LogP contribution is -2.41. The van der Waals surface area contributed by atoms with E-state index in [0.29, 0.717) is 17.9 Å². The van der Waals surface area contributed by atoms with E-state index in [2.05, 4.69) is 5.32 Å². The Morgan fingerprint density at radius 2 is 1.83 bits per heavy atom. The van der Waals surface area contributed by atoms with Gasteiger partial charge in [-0.25, -0.2) is 8.42 Å². The summed E-state index contributed by atoms with van der Waals surface area (Å²) in [5.41, 5.74) is 2.87. The first-order chi connectivity index (χ1) is 13.7. The van der Waals surface area contributed by atoms with Gasteiger partial charge in [0, 0.05) is 29.7 Å². The molecule has 8 heteroatoms. The summed E-state index contributed by atoms with van der Waals surface area (Å²) in [5, 5.41) is 3.31. The van der Waals surface area contributed by atoms with Crippen LogP contribution in [-0.2, 0) is 14.8 Å². The molecule has 0 atom stereocenters. The van der Waals surface area contributed by atoms with Gasteiger partial charge in [-0.2, -0.15) is 4.31 Å². The number of nitrogens with one attached hydrogen (secondary N) is 1. The second-order valence-electron chi connectivity index (χ2n) is 7.28. The van der Waals surface area contributed by atoms with E-state index in [4.69, 9.17) is 16.3 Å². The number of hydrogen-bond acceptors (Lipinski definition) is 4. The molecule has 29 heavy (non-hydrogen) atoms. The van der Waals surface area contributed by atoms with Gasteiger partial charge < -0.3 is 10.1 Å². The summed E-state index contributed by atoms with van der Waals surface area (Å²) >= 11 is 5.99. The van der Waals surface area contributed by atoms with Crippen LogP contribution in [0.15, 0.2) is 41.3 Å². The van der Waals surface area contributed by atoms with Crippen molar-refractivity contribution in [3.8, 4) is 5.75 Å². The van der Waals surface area contributed by atoms with E-state index in [1.165, 1.54) is 17.5 Å². The van der Waals surface area contributed by atoms with E-state index < -0.39 is 10.0 Å². The van der Waals surface area contributed by atoms with Crippen LogP contribution in [0.4, 0.5) is 5.69 Å². The average Bonchev–Trinajstić information content (AvgIpc) is 2.70. The first-order valence-electron chi connectivity index (χ1n) is 9.44. The molecule has 6 nitrogen and oxygen atoms in total. The zero-order chi connectivity index (χ0) is 21.2. The van der Waals surface area contributed by atoms with Gasteiger partial charge in [-0.1, -0.05) is 23.7 Å². The smallest absolute Gasteiger partial charge is 0.246 e. The number of anilines is 1. The fourth-order valence-corrected chi connectivity index (χ4v) is 5.34. The minimum Gasteiger partial charge on any atom is -0.495 e. The van der Waals surface area contributed by atoms with Gasteiger partial charge >= 0.3 is 0 Å². The molecule has 1 amide bonds. The Kier molecular flexibility index (Phi) is 6.51. The first-order valence-corrected chi connectivity index (χ1v) is 11.3. The number of methoxy groups -OCH3 is 1. The highest BCUT2D eigenvalue weighted by Gasteiger charge is 2.34. The van der Waals surface area contributed by atoms with Crippen molar-refractivity contribution in [1.29, 1.82) is 0 Å². The number of ether oxygens (including phenoxy) is 1. The van der Waals surface area contributed by atoms with Gasteiger partial charge in [-0.3, -0.25) is 4.79 Å². The van der Waals surface area contributed by atoms with E-state index in [0.717, 1.165) is 16.8 Å². The fraction of sp³-hybridized carbons (Fsp3) is 0.381. The van der Waals surface area contributed by atoms with Crippen LogP contribution in [0, 0.1) is 19.8 Å². The van der Waals surface area contributed by atoms with E-state index in [9.17, 15) is 13.2 Å². The number of nitrogens with zero attached hydrogens (tertiary/aromatic N) is 1. The number of carbonyl (C=O) groups is 1. The van der Waals surface area contributed by atoms with Gasteiger partial charge in [-0.05, 0) is 62.1 Å². The van der Waals surface area contributed by atoms with E-state index >= 15 is 0 Å². The Morgan fingerprint density at radius 1 is 1.14 bits per heavy atom. The number of piperidine rings is 1. The van der Waals surface area contributed by atoms with Crippen LogP contribution in [0.25, 0.3) is 0 Å². The Balaban J connectivity index is 1.69. The molecule has 0 saturated carbocycles. The SMILES string of the molecule is COc1ccc(Cl)cc1S(=O)(=O)N1CCC(C(=O)Nc2cc(C)ccc2C)CC1. The molecule has 1 saturated heterocycles. The van der Waals surface area contributed by atoms with Gasteiger partial charge in [0.2, 0.25) is 15.9 Å². The maximum atomic E-state index is 13.1. The number of aryl methyl sites for hydroxylation is 2. The highest BCUT2D eigenvalue weighted by Crippen LogP contribution is 2.32. The molecule has 1 N–H and O–H groups in total. The zero-order valence-electron chi connectivity index (χ0n) is 16.7. The van der Waals surface area contributed by atoms with Crippen LogP contribution < -0.4 is 10.1 Å². The number of benzene rings is 2. The maximum Gasteiger partial charge on any atom is 0.246 e. The lowest BCUT2D eigenvalue weighted by Gasteiger charge is -2.31. The quantitative estimate of drug-likeness (QED) is 0.768. The standard InChI is InChI=1S/C21H25ClN2O4S/c1-14-4-5-15(2)18(12-14)23-21(25)16-8-10-24(11-9-16)29(26,27)20-13-17(22)6-7-19(20)28-3/h4-7,12-13,16H,8-11H2,1-3H3,(H,23,25). The minimum absolute atomic E-state index is 0.0470. The molecule has 1 fully saturated rings. The molecule has 1 aliphatic rings. The van der Waals surface area contributed by atoms with Gasteiger partial charge in [0.15, 0.2) is 0 Å². The van der Waals surface area contributed by atoms with E-state index in [-0.39, 0.29) is 35.6 Å². The third-order valence-corrected chi connectivity index (χ3v) is 7.37. The zero-order valence-corrected chi connectivity index (χ0v) is 18.3. The molecule has 0 aliphatic carbocycles. The lowest BCUT2D eigenvalue weighted by atomic mass is 9.97. The Morgan fingerprint density at radius 3 is 2.48 bits per heavy atom. The Bertz CT molecular complexity index is 1020. The van der Waals surface area contributed by atoms with Crippen LogP contribution in [0.5, 0.6) is 5.75 Å². The predicted molar refractivity (Wildman–Crippen MR) is 114 cm³/mol. The molecule has 0 radical (unpaired) electrons. The fourth-order valence-electron chi connectivity index (χ4n) is 3.45. The third-order valence-electron chi connectivity index (χ3n) is 5.22. The Labute approximate surface area is 176 Å². The van der Waals surface area contributed by atoms with Gasteiger partial charge in [-0.15, -0.1) is 0 Å². The minimum atomic E-state index is -3.76. The normalized spacial score (nSPS) is 15.9. The van der Waals surface area contributed by atoms with Crippen molar-refractivity contribution in [3.05, 3.63) is 52.5 Å². The van der Waals surface area contributed by atoms with Crippen molar-refractivity contribution in [2.75, 3.05) is 25.5 Å². The van der Waals surface area contributed by atoms with Crippen LogP contribution >= 0.6 is 11.6 Å². The number of carbonyl (C=O) groups excluding carboxylic acids is 1. The van der Waals surface area contributed by atoms with Crippen LogP contribution in [0.1, 0.15) is 24.0 Å². The topological polar surface area (TPSA) is 75.7 Å². The van der Waals surface area contributed by atoms with Crippen molar-refractivity contribution < 1.29 is 17.9 Å². The van der Waals surface area contributed by atoms with Crippen LogP contribution in [0.2, 0.25) is 5.02 Å². The molecule has 1 aliphatic heterocycles. The van der Waals surface area contributed by atoms with Crippen molar-refractivity contribution in [2.45, 2.75) is 31.6 Å². The predicted octanol–water partition coefficient (Wildman–Crippen LogP) is 4.00. The van der Waals surface area contributed by atoms with Crippen molar-refractivity contribution in [3.63, 3.8) is 0 Å². The number of rotatable bonds is 5. The first kappa shape index (κ1) is 21.6. The second kappa shape index (κ2) is 8.73. The monoisotopic (exact) mass is 436 g/mol. The summed E-state index contributed by atoms with van der Waals surface area (Å²) in [4.78, 5) is 12.7. The van der Waals surface area contributed by atoms with Gasteiger partial charge in [0.25, 0.3) is 0 Å². The van der Waals surface area contributed by atoms with Crippen LogP contribution in [-0.4, -0.2) is 38.8 Å². The number of sulfonamides is 1. The van der Waals surface area contributed by atoms with Crippen molar-refractivity contribution in [2.24, 2.45) is 5.92 Å². The summed E-state index contributed by atoms with van der Waals surface area (Å²) < 4.78 is 32.7. The highest BCUT2D eigenvalue weighted by molar-refractivity contribution is 7.89. The maximum absolute atomic E-state index is 13.1. The summed E-state index contributed by atoms with van der Waals surface area (Å²) in [6, 6.07) is 10.4. The van der Waals surface area contributed by atoms with Crippen molar-refractivity contribution in [1.82, 2.24) is 4.31 Å². The third kappa shape index (κ3) is 4.74. The molecule has 1 heterocycles. The molecule has 0 bridgehead atoms. The summed E-state index contributed by atoms with van der Waals surface area (Å²) in [7, 11) is -2.33. The number of amides is 1. The molecule has 0 unspecified atom stereocenters. The average molecular weight is 437 g/mol. The lowest BCUT2D eigenvalue weighted by molar-refractivity contribution is -0.120. The largest absolute Gasteiger partial charge is 0.495 e. The molecule has 3 rings (SSSR count). The molecule has 0 aromatic heterocycles. The number of halogens is 1. The summed E-state index contributed by atoms with van der Waals surface area (Å²) in [6.45, 7) is 4.46.